The SMILES string of the molecule is Cc1nc(Cl)c(C)c(NN2CCCCC2)n1. The van der Waals surface area contributed by atoms with Gasteiger partial charge in [0.25, 0.3) is 0 Å². The van der Waals surface area contributed by atoms with E-state index in [4.69, 9.17) is 11.6 Å². The number of piperidine rings is 1. The van der Waals surface area contributed by atoms with Crippen molar-refractivity contribution >= 4 is 17.4 Å². The monoisotopic (exact) mass is 240 g/mol. The third kappa shape index (κ3) is 2.62. The summed E-state index contributed by atoms with van der Waals surface area (Å²) in [6, 6.07) is 0. The Hall–Kier alpha value is -0.870. The molecule has 1 aliphatic rings. The van der Waals surface area contributed by atoms with Crippen LogP contribution in [0.5, 0.6) is 0 Å². The maximum absolute atomic E-state index is 6.03. The third-order valence-corrected chi connectivity index (χ3v) is 3.19. The number of rotatable bonds is 2. The average Bonchev–Trinajstić information content (AvgIpc) is 2.27. The predicted octanol–water partition coefficient (Wildman–Crippen LogP) is 2.56. The van der Waals surface area contributed by atoms with Gasteiger partial charge in [0.05, 0.1) is 0 Å². The second kappa shape index (κ2) is 4.97. The number of nitrogens with one attached hydrogen (secondary N) is 1. The number of hydrogen-bond donors (Lipinski definition) is 1. The van der Waals surface area contributed by atoms with Gasteiger partial charge in [-0.05, 0) is 26.7 Å². The number of aryl methyl sites for hydroxylation is 1. The summed E-state index contributed by atoms with van der Waals surface area (Å²) in [4.78, 5) is 8.50. The van der Waals surface area contributed by atoms with E-state index in [1.807, 2.05) is 13.8 Å². The van der Waals surface area contributed by atoms with Gasteiger partial charge >= 0.3 is 0 Å². The molecule has 0 bridgehead atoms. The Balaban J connectivity index is 2.13. The van der Waals surface area contributed by atoms with Crippen LogP contribution in [0.15, 0.2) is 0 Å². The van der Waals surface area contributed by atoms with Gasteiger partial charge in [-0.25, -0.2) is 15.0 Å². The van der Waals surface area contributed by atoms with E-state index in [9.17, 15) is 0 Å². The smallest absolute Gasteiger partial charge is 0.148 e. The van der Waals surface area contributed by atoms with Gasteiger partial charge in [-0.2, -0.15) is 0 Å². The first-order valence-electron chi connectivity index (χ1n) is 5.69. The van der Waals surface area contributed by atoms with Gasteiger partial charge in [-0.3, -0.25) is 0 Å². The summed E-state index contributed by atoms with van der Waals surface area (Å²) in [5, 5.41) is 2.74. The van der Waals surface area contributed by atoms with Gasteiger partial charge < -0.3 is 5.43 Å². The zero-order valence-electron chi connectivity index (χ0n) is 9.76. The molecular formula is C11H17ClN4. The Morgan fingerprint density at radius 3 is 2.50 bits per heavy atom. The number of halogens is 1. The molecule has 4 nitrogen and oxygen atoms in total. The summed E-state index contributed by atoms with van der Waals surface area (Å²) < 4.78 is 0. The molecule has 0 aromatic carbocycles. The molecule has 2 heterocycles. The minimum Gasteiger partial charge on any atom is -0.303 e. The van der Waals surface area contributed by atoms with Crippen molar-refractivity contribution in [3.63, 3.8) is 0 Å². The Morgan fingerprint density at radius 2 is 1.81 bits per heavy atom. The fraction of sp³-hybridized carbons (Fsp3) is 0.636. The van der Waals surface area contributed by atoms with Crippen LogP contribution in [0, 0.1) is 13.8 Å². The number of hydrazine groups is 1. The van der Waals surface area contributed by atoms with Crippen LogP contribution in [0.4, 0.5) is 5.82 Å². The van der Waals surface area contributed by atoms with Crippen LogP contribution >= 0.6 is 11.6 Å². The van der Waals surface area contributed by atoms with Crippen molar-refractivity contribution in [2.45, 2.75) is 33.1 Å². The van der Waals surface area contributed by atoms with Gasteiger partial charge in [-0.1, -0.05) is 18.0 Å². The van der Waals surface area contributed by atoms with E-state index in [0.717, 1.165) is 24.5 Å². The summed E-state index contributed by atoms with van der Waals surface area (Å²) in [7, 11) is 0. The van der Waals surface area contributed by atoms with Crippen molar-refractivity contribution < 1.29 is 0 Å². The molecule has 1 N–H and O–H groups in total. The molecule has 1 aliphatic heterocycles. The van der Waals surface area contributed by atoms with E-state index < -0.39 is 0 Å². The van der Waals surface area contributed by atoms with Crippen LogP contribution in [-0.4, -0.2) is 28.1 Å². The van der Waals surface area contributed by atoms with Crippen LogP contribution in [0.25, 0.3) is 0 Å². The van der Waals surface area contributed by atoms with Crippen molar-refractivity contribution in [1.29, 1.82) is 0 Å². The minimum absolute atomic E-state index is 0.534. The molecule has 1 aromatic heterocycles. The predicted molar refractivity (Wildman–Crippen MR) is 65.6 cm³/mol. The molecule has 0 saturated carbocycles. The number of hydrogen-bond acceptors (Lipinski definition) is 4. The lowest BCUT2D eigenvalue weighted by molar-refractivity contribution is 0.272. The van der Waals surface area contributed by atoms with Crippen LogP contribution in [-0.2, 0) is 0 Å². The first-order valence-corrected chi connectivity index (χ1v) is 6.07. The molecule has 0 amide bonds. The van der Waals surface area contributed by atoms with Crippen LogP contribution in [0.1, 0.15) is 30.7 Å². The zero-order chi connectivity index (χ0) is 11.5. The normalized spacial score (nSPS) is 17.4. The molecule has 88 valence electrons. The summed E-state index contributed by atoms with van der Waals surface area (Å²) in [5.74, 6) is 1.54. The van der Waals surface area contributed by atoms with Crippen molar-refractivity contribution in [3.05, 3.63) is 16.5 Å². The lowest BCUT2D eigenvalue weighted by Gasteiger charge is -2.28. The van der Waals surface area contributed by atoms with E-state index in [1.54, 1.807) is 0 Å². The summed E-state index contributed by atoms with van der Waals surface area (Å²) >= 11 is 6.03. The molecular weight excluding hydrogens is 224 g/mol. The van der Waals surface area contributed by atoms with Crippen molar-refractivity contribution in [1.82, 2.24) is 15.0 Å². The van der Waals surface area contributed by atoms with E-state index >= 15 is 0 Å². The van der Waals surface area contributed by atoms with Crippen molar-refractivity contribution in [2.24, 2.45) is 0 Å². The van der Waals surface area contributed by atoms with E-state index in [0.29, 0.717) is 11.0 Å². The van der Waals surface area contributed by atoms with Crippen LogP contribution < -0.4 is 5.43 Å². The first kappa shape index (κ1) is 11.6. The molecule has 0 aliphatic carbocycles. The van der Waals surface area contributed by atoms with Gasteiger partial charge in [0, 0.05) is 18.7 Å². The number of nitrogens with zero attached hydrogens (tertiary/aromatic N) is 3. The van der Waals surface area contributed by atoms with Gasteiger partial charge in [0.1, 0.15) is 16.8 Å². The summed E-state index contributed by atoms with van der Waals surface area (Å²) in [5.41, 5.74) is 4.24. The Morgan fingerprint density at radius 1 is 1.12 bits per heavy atom. The summed E-state index contributed by atoms with van der Waals surface area (Å²) in [6.45, 7) is 5.93. The third-order valence-electron chi connectivity index (χ3n) is 2.82. The van der Waals surface area contributed by atoms with E-state index in [1.165, 1.54) is 19.3 Å². The van der Waals surface area contributed by atoms with Gasteiger partial charge in [0.15, 0.2) is 0 Å². The van der Waals surface area contributed by atoms with Gasteiger partial charge in [0.2, 0.25) is 0 Å². The highest BCUT2D eigenvalue weighted by Crippen LogP contribution is 2.21. The molecule has 0 atom stereocenters. The Kier molecular flexibility index (Phi) is 3.61. The molecule has 0 spiro atoms. The fourth-order valence-electron chi connectivity index (χ4n) is 1.86. The molecule has 1 fully saturated rings. The first-order chi connectivity index (χ1) is 7.66. The highest BCUT2D eigenvalue weighted by Gasteiger charge is 2.13. The molecule has 5 heteroatoms. The highest BCUT2D eigenvalue weighted by atomic mass is 35.5. The second-order valence-electron chi connectivity index (χ2n) is 4.19. The maximum atomic E-state index is 6.03. The Bertz CT molecular complexity index is 374. The Labute approximate surface area is 101 Å². The molecule has 1 saturated heterocycles. The molecule has 16 heavy (non-hydrogen) atoms. The van der Waals surface area contributed by atoms with Crippen LogP contribution in [0.3, 0.4) is 0 Å². The number of anilines is 1. The molecule has 0 unspecified atom stereocenters. The standard InChI is InChI=1S/C11H17ClN4/c1-8-10(12)13-9(2)14-11(8)15-16-6-4-3-5-7-16/h3-7H2,1-2H3,(H,13,14,15). The highest BCUT2D eigenvalue weighted by molar-refractivity contribution is 6.30. The lowest BCUT2D eigenvalue weighted by Crippen LogP contribution is -2.35. The quantitative estimate of drug-likeness (QED) is 0.807. The molecule has 0 radical (unpaired) electrons. The summed E-state index contributed by atoms with van der Waals surface area (Å²) in [6.07, 6.45) is 3.80. The lowest BCUT2D eigenvalue weighted by atomic mass is 10.2. The van der Waals surface area contributed by atoms with Crippen molar-refractivity contribution in [3.8, 4) is 0 Å². The minimum atomic E-state index is 0.534. The second-order valence-corrected chi connectivity index (χ2v) is 4.55. The van der Waals surface area contributed by atoms with E-state index in [-0.39, 0.29) is 0 Å². The largest absolute Gasteiger partial charge is 0.303 e. The van der Waals surface area contributed by atoms with Gasteiger partial charge in [-0.15, -0.1) is 0 Å². The van der Waals surface area contributed by atoms with Crippen molar-refractivity contribution in [2.75, 3.05) is 18.5 Å². The van der Waals surface area contributed by atoms with Crippen LogP contribution in [0.2, 0.25) is 5.15 Å². The zero-order valence-corrected chi connectivity index (χ0v) is 10.5. The average molecular weight is 241 g/mol. The molecule has 1 aromatic rings. The van der Waals surface area contributed by atoms with E-state index in [2.05, 4.69) is 20.4 Å². The fourth-order valence-corrected chi connectivity index (χ4v) is 2.07. The maximum Gasteiger partial charge on any atom is 0.148 e. The topological polar surface area (TPSA) is 41.1 Å². The molecule has 2 rings (SSSR count). The number of aromatic nitrogens is 2.